The van der Waals surface area contributed by atoms with Gasteiger partial charge in [-0.15, -0.1) is 0 Å². The highest BCUT2D eigenvalue weighted by Gasteiger charge is 2.31. The zero-order valence-corrected chi connectivity index (χ0v) is 24.0. The van der Waals surface area contributed by atoms with E-state index in [4.69, 9.17) is 9.47 Å². The fourth-order valence-electron chi connectivity index (χ4n) is 4.45. The maximum Gasteiger partial charge on any atom is 0.261 e. The summed E-state index contributed by atoms with van der Waals surface area (Å²) in [5.41, 5.74) is 1.81. The summed E-state index contributed by atoms with van der Waals surface area (Å²) in [5, 5.41) is 5.06. The predicted molar refractivity (Wildman–Crippen MR) is 158 cm³/mol. The Labute approximate surface area is 238 Å². The summed E-state index contributed by atoms with van der Waals surface area (Å²) in [4.78, 5) is 29.0. The van der Waals surface area contributed by atoms with E-state index in [0.29, 0.717) is 17.9 Å². The molecule has 39 heavy (non-hydrogen) atoms. The van der Waals surface area contributed by atoms with Gasteiger partial charge >= 0.3 is 0 Å². The van der Waals surface area contributed by atoms with Gasteiger partial charge in [-0.3, -0.25) is 9.59 Å². The molecular formula is C32H33BrN2O4. The van der Waals surface area contributed by atoms with Crippen molar-refractivity contribution in [3.8, 4) is 11.5 Å². The van der Waals surface area contributed by atoms with Crippen LogP contribution in [-0.2, 0) is 22.6 Å². The predicted octanol–water partition coefficient (Wildman–Crippen LogP) is 6.15. The minimum Gasteiger partial charge on any atom is -0.497 e. The number of methoxy groups -OCH3 is 1. The number of hydrogen-bond acceptors (Lipinski definition) is 4. The Kier molecular flexibility index (Phi) is 9.60. The molecule has 4 aromatic rings. The molecule has 7 heteroatoms. The summed E-state index contributed by atoms with van der Waals surface area (Å²) in [7, 11) is 1.60. The van der Waals surface area contributed by atoms with Gasteiger partial charge in [0.25, 0.3) is 5.91 Å². The lowest BCUT2D eigenvalue weighted by Crippen LogP contribution is -2.52. The first-order chi connectivity index (χ1) is 18.9. The van der Waals surface area contributed by atoms with E-state index in [-0.39, 0.29) is 31.0 Å². The van der Waals surface area contributed by atoms with Gasteiger partial charge < -0.3 is 19.7 Å². The van der Waals surface area contributed by atoms with Crippen LogP contribution in [0.4, 0.5) is 0 Å². The van der Waals surface area contributed by atoms with Crippen LogP contribution in [0.15, 0.2) is 95.5 Å². The Hall–Kier alpha value is -3.84. The number of nitrogens with zero attached hydrogens (tertiary/aromatic N) is 1. The minimum atomic E-state index is -0.739. The average Bonchev–Trinajstić information content (AvgIpc) is 2.94. The second-order valence-electron chi connectivity index (χ2n) is 9.63. The lowest BCUT2D eigenvalue weighted by Gasteiger charge is -2.32. The maximum atomic E-state index is 13.8. The highest BCUT2D eigenvalue weighted by Crippen LogP contribution is 2.33. The number of amides is 2. The summed E-state index contributed by atoms with van der Waals surface area (Å²) >= 11 is 3.63. The van der Waals surface area contributed by atoms with Gasteiger partial charge in [-0.05, 0) is 69.9 Å². The topological polar surface area (TPSA) is 67.9 Å². The number of fused-ring (bicyclic) bond motifs is 1. The van der Waals surface area contributed by atoms with E-state index in [1.54, 1.807) is 12.0 Å². The lowest BCUT2D eigenvalue weighted by molar-refractivity contribution is -0.143. The van der Waals surface area contributed by atoms with Crippen LogP contribution in [0.1, 0.15) is 25.0 Å². The SMILES string of the molecule is COc1cccc(CN(C(=O)COc2ccc3ccccc3c2Br)[C@H](Cc2ccccc2)C(=O)NC(C)C)c1. The van der Waals surface area contributed by atoms with E-state index >= 15 is 0 Å². The number of carbonyl (C=O) groups is 2. The third kappa shape index (κ3) is 7.39. The fourth-order valence-corrected chi connectivity index (χ4v) is 5.06. The number of ether oxygens (including phenoxy) is 2. The third-order valence-corrected chi connectivity index (χ3v) is 7.19. The van der Waals surface area contributed by atoms with Gasteiger partial charge in [0.1, 0.15) is 17.5 Å². The first-order valence-corrected chi connectivity index (χ1v) is 13.7. The molecule has 0 radical (unpaired) electrons. The summed E-state index contributed by atoms with van der Waals surface area (Å²) in [5.74, 6) is 0.742. The number of benzene rings is 4. The molecule has 0 unspecified atom stereocenters. The molecule has 4 aromatic carbocycles. The second-order valence-corrected chi connectivity index (χ2v) is 10.4. The number of halogens is 1. The molecule has 0 spiro atoms. The van der Waals surface area contributed by atoms with Crippen LogP contribution in [0.2, 0.25) is 0 Å². The van der Waals surface area contributed by atoms with Gasteiger partial charge in [-0.1, -0.05) is 72.8 Å². The molecule has 202 valence electrons. The lowest BCUT2D eigenvalue weighted by atomic mass is 10.0. The molecule has 6 nitrogen and oxygen atoms in total. The zero-order chi connectivity index (χ0) is 27.8. The van der Waals surface area contributed by atoms with Crippen LogP contribution in [-0.4, -0.2) is 42.5 Å². The first kappa shape index (κ1) is 28.2. The van der Waals surface area contributed by atoms with E-state index in [1.807, 2.05) is 105 Å². The van der Waals surface area contributed by atoms with Crippen LogP contribution in [0.3, 0.4) is 0 Å². The zero-order valence-electron chi connectivity index (χ0n) is 22.4. The molecule has 1 N–H and O–H groups in total. The van der Waals surface area contributed by atoms with Crippen LogP contribution < -0.4 is 14.8 Å². The van der Waals surface area contributed by atoms with E-state index in [1.165, 1.54) is 0 Å². The van der Waals surface area contributed by atoms with E-state index < -0.39 is 6.04 Å². The first-order valence-electron chi connectivity index (χ1n) is 12.9. The summed E-state index contributed by atoms with van der Waals surface area (Å²) in [6.07, 6.45) is 0.370. The minimum absolute atomic E-state index is 0.0747. The quantitative estimate of drug-likeness (QED) is 0.228. The Morgan fingerprint density at radius 3 is 2.36 bits per heavy atom. The van der Waals surface area contributed by atoms with Crippen molar-refractivity contribution in [3.63, 3.8) is 0 Å². The van der Waals surface area contributed by atoms with Gasteiger partial charge in [0.05, 0.1) is 11.6 Å². The Bertz CT molecular complexity index is 1420. The van der Waals surface area contributed by atoms with Crippen molar-refractivity contribution in [2.45, 2.75) is 38.9 Å². The standard InChI is InChI=1S/C32H33BrN2O4/c1-22(2)34-32(37)28(19-23-10-5-4-6-11-23)35(20-24-12-9-14-26(18-24)38-3)30(36)21-39-29-17-16-25-13-7-8-15-27(25)31(29)33/h4-18,22,28H,19-21H2,1-3H3,(H,34,37)/t28-/m1/s1. The highest BCUT2D eigenvalue weighted by atomic mass is 79.9. The van der Waals surface area contributed by atoms with E-state index in [2.05, 4.69) is 21.2 Å². The Morgan fingerprint density at radius 2 is 1.62 bits per heavy atom. The van der Waals surface area contributed by atoms with Gasteiger partial charge in [0, 0.05) is 19.0 Å². The molecule has 4 rings (SSSR count). The van der Waals surface area contributed by atoms with Crippen molar-refractivity contribution in [1.29, 1.82) is 0 Å². The Morgan fingerprint density at radius 1 is 0.897 bits per heavy atom. The molecule has 0 bridgehead atoms. The molecule has 2 amide bonds. The molecule has 0 fully saturated rings. The van der Waals surface area contributed by atoms with E-state index in [0.717, 1.165) is 26.4 Å². The fraction of sp³-hybridized carbons (Fsp3) is 0.250. The van der Waals surface area contributed by atoms with Gasteiger partial charge in [-0.25, -0.2) is 0 Å². The van der Waals surface area contributed by atoms with Gasteiger partial charge in [-0.2, -0.15) is 0 Å². The smallest absolute Gasteiger partial charge is 0.261 e. The van der Waals surface area contributed by atoms with Crippen LogP contribution >= 0.6 is 15.9 Å². The summed E-state index contributed by atoms with van der Waals surface area (Å²) in [6.45, 7) is 3.82. The van der Waals surface area contributed by atoms with Crippen molar-refractivity contribution >= 4 is 38.5 Å². The average molecular weight is 590 g/mol. The monoisotopic (exact) mass is 588 g/mol. The van der Waals surface area contributed by atoms with Gasteiger partial charge in [0.15, 0.2) is 6.61 Å². The number of carbonyl (C=O) groups excluding carboxylic acids is 2. The molecule has 0 aliphatic heterocycles. The molecule has 0 heterocycles. The van der Waals surface area contributed by atoms with E-state index in [9.17, 15) is 9.59 Å². The number of rotatable bonds is 11. The second kappa shape index (κ2) is 13.3. The molecule has 0 aromatic heterocycles. The van der Waals surface area contributed by atoms with Crippen molar-refractivity contribution < 1.29 is 19.1 Å². The van der Waals surface area contributed by atoms with Crippen LogP contribution in [0.25, 0.3) is 10.8 Å². The van der Waals surface area contributed by atoms with Crippen molar-refractivity contribution in [3.05, 3.63) is 107 Å². The van der Waals surface area contributed by atoms with Crippen molar-refractivity contribution in [2.24, 2.45) is 0 Å². The molecule has 0 saturated carbocycles. The molecular weight excluding hydrogens is 556 g/mol. The molecule has 0 aliphatic rings. The normalized spacial score (nSPS) is 11.7. The molecule has 1 atom stereocenters. The van der Waals surface area contributed by atoms with Crippen molar-refractivity contribution in [1.82, 2.24) is 10.2 Å². The van der Waals surface area contributed by atoms with Crippen LogP contribution in [0.5, 0.6) is 11.5 Å². The summed E-state index contributed by atoms with van der Waals surface area (Å²) in [6, 6.07) is 28.2. The number of hydrogen-bond donors (Lipinski definition) is 1. The maximum absolute atomic E-state index is 13.8. The Balaban J connectivity index is 1.65. The summed E-state index contributed by atoms with van der Waals surface area (Å²) < 4.78 is 12.2. The largest absolute Gasteiger partial charge is 0.497 e. The van der Waals surface area contributed by atoms with Crippen LogP contribution in [0, 0.1) is 0 Å². The molecule has 0 saturated heterocycles. The number of nitrogens with one attached hydrogen (secondary N) is 1. The highest BCUT2D eigenvalue weighted by molar-refractivity contribution is 9.10. The van der Waals surface area contributed by atoms with Crippen molar-refractivity contribution in [2.75, 3.05) is 13.7 Å². The van der Waals surface area contributed by atoms with Gasteiger partial charge in [0.2, 0.25) is 5.91 Å². The molecule has 0 aliphatic carbocycles. The third-order valence-electron chi connectivity index (χ3n) is 6.37.